The zero-order valence-corrected chi connectivity index (χ0v) is 19.6. The minimum Gasteiger partial charge on any atom is -0.354 e. The van der Waals surface area contributed by atoms with Gasteiger partial charge in [-0.1, -0.05) is 0 Å². The monoisotopic (exact) mass is 487 g/mol. The number of hydrogen-bond donors (Lipinski definition) is 1. The van der Waals surface area contributed by atoms with Gasteiger partial charge >= 0.3 is 0 Å². The number of halogens is 2. The van der Waals surface area contributed by atoms with Crippen LogP contribution in [0.4, 0.5) is 8.78 Å². The van der Waals surface area contributed by atoms with Gasteiger partial charge in [-0.2, -0.15) is 0 Å². The number of fused-ring (bicyclic) bond motifs is 1. The summed E-state index contributed by atoms with van der Waals surface area (Å²) in [6.45, 7) is 2.49. The second-order valence-corrected chi connectivity index (χ2v) is 11.4. The molecule has 0 bridgehead atoms. The van der Waals surface area contributed by atoms with Gasteiger partial charge in [-0.3, -0.25) is 9.69 Å². The van der Waals surface area contributed by atoms with Crippen LogP contribution in [0.15, 0.2) is 42.5 Å². The van der Waals surface area contributed by atoms with Crippen LogP contribution in [-0.4, -0.2) is 72.8 Å². The van der Waals surface area contributed by atoms with Crippen molar-refractivity contribution in [3.8, 4) is 11.3 Å². The number of piperazine rings is 1. The van der Waals surface area contributed by atoms with Crippen LogP contribution in [0.3, 0.4) is 0 Å². The molecule has 0 aliphatic carbocycles. The number of amides is 1. The summed E-state index contributed by atoms with van der Waals surface area (Å²) >= 11 is 0. The summed E-state index contributed by atoms with van der Waals surface area (Å²) in [4.78, 5) is 20.3. The van der Waals surface area contributed by atoms with E-state index in [0.29, 0.717) is 39.0 Å². The third-order valence-electron chi connectivity index (χ3n) is 6.98. The van der Waals surface area contributed by atoms with E-state index in [2.05, 4.69) is 9.88 Å². The Morgan fingerprint density at radius 3 is 2.38 bits per heavy atom. The van der Waals surface area contributed by atoms with E-state index < -0.39 is 9.84 Å². The molecule has 3 heterocycles. The van der Waals surface area contributed by atoms with E-state index in [1.165, 1.54) is 24.3 Å². The van der Waals surface area contributed by atoms with E-state index in [4.69, 9.17) is 0 Å². The van der Waals surface area contributed by atoms with Crippen molar-refractivity contribution >= 4 is 26.6 Å². The quantitative estimate of drug-likeness (QED) is 0.599. The molecule has 1 amide bonds. The molecule has 9 heteroatoms. The molecule has 2 saturated heterocycles. The van der Waals surface area contributed by atoms with Crippen molar-refractivity contribution in [3.05, 3.63) is 59.7 Å². The lowest BCUT2D eigenvalue weighted by molar-refractivity contribution is -0.133. The molecule has 5 rings (SSSR count). The number of rotatable bonds is 5. The van der Waals surface area contributed by atoms with E-state index in [1.54, 1.807) is 18.2 Å². The Balaban J connectivity index is 1.28. The van der Waals surface area contributed by atoms with E-state index in [9.17, 15) is 22.0 Å². The van der Waals surface area contributed by atoms with Crippen molar-refractivity contribution in [2.75, 3.05) is 37.7 Å². The number of sulfone groups is 1. The number of aromatic amines is 1. The highest BCUT2D eigenvalue weighted by molar-refractivity contribution is 7.91. The molecule has 0 unspecified atom stereocenters. The van der Waals surface area contributed by atoms with Gasteiger partial charge in [-0.15, -0.1) is 0 Å². The highest BCUT2D eigenvalue weighted by Crippen LogP contribution is 2.32. The van der Waals surface area contributed by atoms with Gasteiger partial charge < -0.3 is 9.88 Å². The number of H-pyrrole nitrogens is 1. The molecule has 180 valence electrons. The number of carbonyl (C=O) groups excluding carboxylic acids is 1. The van der Waals surface area contributed by atoms with Crippen molar-refractivity contribution in [2.45, 2.75) is 25.3 Å². The smallest absolute Gasteiger partial charge is 0.222 e. The van der Waals surface area contributed by atoms with Crippen molar-refractivity contribution in [1.29, 1.82) is 0 Å². The number of hydrogen-bond acceptors (Lipinski definition) is 4. The third kappa shape index (κ3) is 4.72. The maximum absolute atomic E-state index is 14.0. The molecule has 0 spiro atoms. The first-order chi connectivity index (χ1) is 16.3. The molecule has 6 nitrogen and oxygen atoms in total. The molecule has 2 aliphatic heterocycles. The maximum atomic E-state index is 14.0. The topological polar surface area (TPSA) is 73.5 Å². The normalized spacial score (nSPS) is 20.8. The Labute approximate surface area is 197 Å². The van der Waals surface area contributed by atoms with Gasteiger partial charge in [-0.25, -0.2) is 17.2 Å². The molecule has 1 N–H and O–H groups in total. The zero-order valence-electron chi connectivity index (χ0n) is 18.8. The molecule has 1 aromatic heterocycles. The second kappa shape index (κ2) is 9.11. The highest BCUT2D eigenvalue weighted by Gasteiger charge is 2.34. The summed E-state index contributed by atoms with van der Waals surface area (Å²) in [6, 6.07) is 10.7. The van der Waals surface area contributed by atoms with Crippen LogP contribution < -0.4 is 0 Å². The molecule has 34 heavy (non-hydrogen) atoms. The lowest BCUT2D eigenvalue weighted by Crippen LogP contribution is -2.52. The van der Waals surface area contributed by atoms with Gasteiger partial charge in [0.2, 0.25) is 5.91 Å². The molecule has 0 radical (unpaired) electrons. The Morgan fingerprint density at radius 1 is 1.00 bits per heavy atom. The average Bonchev–Trinajstić information content (AvgIpc) is 3.37. The summed E-state index contributed by atoms with van der Waals surface area (Å²) < 4.78 is 51.0. The summed E-state index contributed by atoms with van der Waals surface area (Å²) in [5, 5.41) is 0.722. The van der Waals surface area contributed by atoms with Crippen LogP contribution >= 0.6 is 0 Å². The predicted molar refractivity (Wildman–Crippen MR) is 127 cm³/mol. The molecule has 1 atom stereocenters. The van der Waals surface area contributed by atoms with Crippen LogP contribution in [0, 0.1) is 11.6 Å². The molecule has 0 saturated carbocycles. The number of aryl methyl sites for hydroxylation is 1. The lowest BCUT2D eigenvalue weighted by atomic mass is 10.0. The SMILES string of the molecule is O=C(CCc1c(-c2ccc(F)cc2)[nH]c2ccc(F)cc12)N1CCN([C@@H]2CCS(=O)(=O)C2)CC1. The van der Waals surface area contributed by atoms with Gasteiger partial charge in [0.05, 0.1) is 11.5 Å². The van der Waals surface area contributed by atoms with Crippen LogP contribution in [0.1, 0.15) is 18.4 Å². The number of carbonyl (C=O) groups is 1. The van der Waals surface area contributed by atoms with Crippen LogP contribution in [0.2, 0.25) is 0 Å². The van der Waals surface area contributed by atoms with E-state index in [-0.39, 0.29) is 41.5 Å². The van der Waals surface area contributed by atoms with E-state index >= 15 is 0 Å². The first-order valence-electron chi connectivity index (χ1n) is 11.6. The standard InChI is InChI=1S/C25H27F2N3O3S/c26-18-3-1-17(2-4-18)25-21(22-15-19(27)5-7-23(22)28-25)6-8-24(31)30-12-10-29(11-13-30)20-9-14-34(32,33)16-20/h1-5,7,15,20,28H,6,8-14,16H2/t20-/m1/s1. The number of nitrogens with one attached hydrogen (secondary N) is 1. The highest BCUT2D eigenvalue weighted by atomic mass is 32.2. The summed E-state index contributed by atoms with van der Waals surface area (Å²) in [5.41, 5.74) is 3.15. The van der Waals surface area contributed by atoms with Crippen molar-refractivity contribution in [3.63, 3.8) is 0 Å². The fraction of sp³-hybridized carbons (Fsp3) is 0.400. The molecule has 2 fully saturated rings. The summed E-state index contributed by atoms with van der Waals surface area (Å²) in [6.07, 6.45) is 1.37. The van der Waals surface area contributed by atoms with Crippen molar-refractivity contribution < 1.29 is 22.0 Å². The maximum Gasteiger partial charge on any atom is 0.222 e. The van der Waals surface area contributed by atoms with Gasteiger partial charge in [0, 0.05) is 55.2 Å². The Morgan fingerprint density at radius 2 is 1.71 bits per heavy atom. The molecular weight excluding hydrogens is 460 g/mol. The van der Waals surface area contributed by atoms with Crippen LogP contribution in [0.25, 0.3) is 22.2 Å². The Kier molecular flexibility index (Phi) is 6.16. The van der Waals surface area contributed by atoms with Gasteiger partial charge in [0.25, 0.3) is 0 Å². The fourth-order valence-electron chi connectivity index (χ4n) is 5.13. The van der Waals surface area contributed by atoms with Crippen LogP contribution in [0.5, 0.6) is 0 Å². The minimum absolute atomic E-state index is 0.0227. The van der Waals surface area contributed by atoms with Gasteiger partial charge in [-0.05, 0) is 66.4 Å². The zero-order chi connectivity index (χ0) is 23.9. The van der Waals surface area contributed by atoms with Gasteiger partial charge in [0.1, 0.15) is 11.6 Å². The molecule has 3 aromatic rings. The Bertz CT molecular complexity index is 1310. The average molecular weight is 488 g/mol. The van der Waals surface area contributed by atoms with E-state index in [1.807, 2.05) is 4.90 Å². The van der Waals surface area contributed by atoms with Crippen molar-refractivity contribution in [2.24, 2.45) is 0 Å². The van der Waals surface area contributed by atoms with Gasteiger partial charge in [0.15, 0.2) is 9.84 Å². The van der Waals surface area contributed by atoms with E-state index in [0.717, 1.165) is 27.7 Å². The number of aromatic nitrogens is 1. The fourth-order valence-corrected chi connectivity index (χ4v) is 6.89. The molecule has 2 aliphatic rings. The predicted octanol–water partition coefficient (Wildman–Crippen LogP) is 3.38. The first kappa shape index (κ1) is 23.0. The lowest BCUT2D eigenvalue weighted by Gasteiger charge is -2.37. The van der Waals surface area contributed by atoms with Crippen LogP contribution in [-0.2, 0) is 21.1 Å². The molecule has 2 aromatic carbocycles. The number of nitrogens with zero attached hydrogens (tertiary/aromatic N) is 2. The van der Waals surface area contributed by atoms with Crippen molar-refractivity contribution in [1.82, 2.24) is 14.8 Å². The second-order valence-electron chi connectivity index (χ2n) is 9.15. The summed E-state index contributed by atoms with van der Waals surface area (Å²) in [5.74, 6) is -0.205. The first-order valence-corrected chi connectivity index (χ1v) is 13.4. The summed E-state index contributed by atoms with van der Waals surface area (Å²) in [7, 11) is -2.93. The molecular formula is C25H27F2N3O3S. The Hall–Kier alpha value is -2.78. The number of benzene rings is 2. The third-order valence-corrected chi connectivity index (χ3v) is 8.73. The minimum atomic E-state index is -2.93. The largest absolute Gasteiger partial charge is 0.354 e.